The molecule has 76 valence electrons. The molecule has 13 heavy (non-hydrogen) atoms. The molecule has 0 aromatic rings. The summed E-state index contributed by atoms with van der Waals surface area (Å²) in [6.07, 6.45) is 7.03. The molecule has 0 radical (unpaired) electrons. The zero-order chi connectivity index (χ0) is 9.47. The molecular weight excluding hydrogens is 183 g/mol. The fourth-order valence-corrected chi connectivity index (χ4v) is 4.46. The van der Waals surface area contributed by atoms with Crippen molar-refractivity contribution in [2.75, 3.05) is 12.9 Å². The van der Waals surface area contributed by atoms with E-state index in [0.717, 1.165) is 23.5 Å². The molecule has 0 saturated heterocycles. The van der Waals surface area contributed by atoms with Crippen LogP contribution in [-0.4, -0.2) is 18.2 Å². The third-order valence-corrected chi connectivity index (χ3v) is 5.50. The van der Waals surface area contributed by atoms with E-state index in [9.17, 15) is 4.39 Å². The molecule has 0 aromatic heterocycles. The lowest BCUT2D eigenvalue weighted by Crippen LogP contribution is -2.29. The van der Waals surface area contributed by atoms with E-state index in [2.05, 4.69) is 13.2 Å². The average Bonchev–Trinajstić information content (AvgIpc) is 2.60. The van der Waals surface area contributed by atoms with Crippen molar-refractivity contribution in [3.63, 3.8) is 0 Å². The number of hydrogen-bond donors (Lipinski definition) is 0. The second-order valence-electron chi connectivity index (χ2n) is 5.00. The quantitative estimate of drug-likeness (QED) is 0.675. The zero-order valence-corrected chi connectivity index (χ0v) is 9.37. The predicted octanol–water partition coefficient (Wildman–Crippen LogP) is 3.51. The van der Waals surface area contributed by atoms with Gasteiger partial charge >= 0.3 is 0 Å². The first-order valence-corrected chi connectivity index (χ1v) is 6.57. The van der Waals surface area contributed by atoms with E-state index in [1.54, 1.807) is 0 Å². The van der Waals surface area contributed by atoms with Crippen LogP contribution >= 0.6 is 11.8 Å². The van der Waals surface area contributed by atoms with Gasteiger partial charge in [0.15, 0.2) is 0 Å². The first-order chi connectivity index (χ1) is 6.19. The van der Waals surface area contributed by atoms with Crippen LogP contribution in [0.25, 0.3) is 0 Å². The maximum Gasteiger partial charge on any atom is 0.0899 e. The summed E-state index contributed by atoms with van der Waals surface area (Å²) in [4.78, 5) is 0. The molecule has 4 atom stereocenters. The van der Waals surface area contributed by atoms with E-state index in [4.69, 9.17) is 0 Å². The SMILES string of the molecule is CSC1CC2CC1CC2(C)CCF. The Morgan fingerprint density at radius 1 is 1.46 bits per heavy atom. The molecule has 0 aliphatic heterocycles. The molecule has 0 aromatic carbocycles. The largest absolute Gasteiger partial charge is 0.251 e. The van der Waals surface area contributed by atoms with Gasteiger partial charge in [0.1, 0.15) is 0 Å². The minimum atomic E-state index is -0.121. The molecular formula is C11H19FS. The van der Waals surface area contributed by atoms with Gasteiger partial charge in [0, 0.05) is 5.25 Å². The van der Waals surface area contributed by atoms with Gasteiger partial charge < -0.3 is 0 Å². The molecule has 2 saturated carbocycles. The Morgan fingerprint density at radius 3 is 2.69 bits per heavy atom. The van der Waals surface area contributed by atoms with Crippen LogP contribution in [0, 0.1) is 17.3 Å². The third-order valence-electron chi connectivity index (χ3n) is 4.31. The Morgan fingerprint density at radius 2 is 2.23 bits per heavy atom. The first-order valence-electron chi connectivity index (χ1n) is 5.28. The normalized spacial score (nSPS) is 48.7. The lowest BCUT2D eigenvalue weighted by molar-refractivity contribution is 0.160. The molecule has 0 spiro atoms. The van der Waals surface area contributed by atoms with E-state index in [1.807, 2.05) is 11.8 Å². The van der Waals surface area contributed by atoms with Gasteiger partial charge in [-0.15, -0.1) is 0 Å². The summed E-state index contributed by atoms with van der Waals surface area (Å²) in [6, 6.07) is 0. The van der Waals surface area contributed by atoms with Crippen molar-refractivity contribution in [2.45, 2.75) is 37.9 Å². The van der Waals surface area contributed by atoms with Crippen LogP contribution < -0.4 is 0 Å². The summed E-state index contributed by atoms with van der Waals surface area (Å²) in [6.45, 7) is 2.18. The molecule has 2 fully saturated rings. The van der Waals surface area contributed by atoms with Gasteiger partial charge in [-0.2, -0.15) is 11.8 Å². The molecule has 0 amide bonds. The highest BCUT2D eigenvalue weighted by Crippen LogP contribution is 2.59. The average molecular weight is 202 g/mol. The molecule has 2 aliphatic rings. The Labute approximate surface area is 84.7 Å². The molecule has 2 aliphatic carbocycles. The van der Waals surface area contributed by atoms with E-state index in [1.165, 1.54) is 19.3 Å². The summed E-state index contributed by atoms with van der Waals surface area (Å²) in [5.41, 5.74) is 0.353. The number of alkyl halides is 1. The highest BCUT2D eigenvalue weighted by atomic mass is 32.2. The first kappa shape index (κ1) is 9.82. The van der Waals surface area contributed by atoms with E-state index in [0.29, 0.717) is 5.41 Å². The molecule has 2 bridgehead atoms. The Bertz CT molecular complexity index is 195. The van der Waals surface area contributed by atoms with Crippen molar-refractivity contribution >= 4 is 11.8 Å². The zero-order valence-electron chi connectivity index (χ0n) is 8.55. The fraction of sp³-hybridized carbons (Fsp3) is 1.00. The summed E-state index contributed by atoms with van der Waals surface area (Å²) in [5.74, 6) is 1.72. The second kappa shape index (κ2) is 3.45. The van der Waals surface area contributed by atoms with Gasteiger partial charge in [-0.05, 0) is 49.2 Å². The van der Waals surface area contributed by atoms with Crippen molar-refractivity contribution in [2.24, 2.45) is 17.3 Å². The fourth-order valence-electron chi connectivity index (χ4n) is 3.45. The number of thioether (sulfide) groups is 1. The molecule has 0 N–H and O–H groups in total. The van der Waals surface area contributed by atoms with Crippen LogP contribution in [0.1, 0.15) is 32.6 Å². The van der Waals surface area contributed by atoms with Gasteiger partial charge in [-0.3, -0.25) is 4.39 Å². The minimum absolute atomic E-state index is 0.121. The summed E-state index contributed by atoms with van der Waals surface area (Å²) >= 11 is 2.02. The van der Waals surface area contributed by atoms with Gasteiger partial charge in [-0.1, -0.05) is 6.92 Å². The van der Waals surface area contributed by atoms with Gasteiger partial charge in [-0.25, -0.2) is 0 Å². The van der Waals surface area contributed by atoms with Crippen LogP contribution in [0.5, 0.6) is 0 Å². The van der Waals surface area contributed by atoms with E-state index >= 15 is 0 Å². The topological polar surface area (TPSA) is 0 Å². The maximum absolute atomic E-state index is 12.4. The summed E-state index contributed by atoms with van der Waals surface area (Å²) in [7, 11) is 0. The number of hydrogen-bond acceptors (Lipinski definition) is 1. The maximum atomic E-state index is 12.4. The number of halogens is 1. The molecule has 2 rings (SSSR count). The smallest absolute Gasteiger partial charge is 0.0899 e. The molecule has 2 heteroatoms. The Hall–Kier alpha value is 0.280. The van der Waals surface area contributed by atoms with Crippen molar-refractivity contribution < 1.29 is 4.39 Å². The van der Waals surface area contributed by atoms with Crippen LogP contribution in [0.2, 0.25) is 0 Å². The van der Waals surface area contributed by atoms with Crippen LogP contribution in [0.4, 0.5) is 4.39 Å². The Kier molecular flexibility index (Phi) is 2.61. The lowest BCUT2D eigenvalue weighted by Gasteiger charge is -2.36. The van der Waals surface area contributed by atoms with Gasteiger partial charge in [0.25, 0.3) is 0 Å². The van der Waals surface area contributed by atoms with Gasteiger partial charge in [0.2, 0.25) is 0 Å². The van der Waals surface area contributed by atoms with Crippen molar-refractivity contribution in [3.05, 3.63) is 0 Å². The summed E-state index contributed by atoms with van der Waals surface area (Å²) in [5, 5.41) is 0.887. The second-order valence-corrected chi connectivity index (χ2v) is 6.08. The van der Waals surface area contributed by atoms with E-state index < -0.39 is 0 Å². The monoisotopic (exact) mass is 202 g/mol. The Balaban J connectivity index is 2.01. The number of rotatable bonds is 3. The van der Waals surface area contributed by atoms with Crippen molar-refractivity contribution in [1.82, 2.24) is 0 Å². The van der Waals surface area contributed by atoms with Crippen LogP contribution in [0.15, 0.2) is 0 Å². The standard InChI is InChI=1S/C11H19FS/c1-11(3-4-12)7-8-5-9(11)6-10(8)13-2/h8-10H,3-7H2,1-2H3. The van der Waals surface area contributed by atoms with Crippen LogP contribution in [0.3, 0.4) is 0 Å². The predicted molar refractivity (Wildman–Crippen MR) is 56.8 cm³/mol. The number of fused-ring (bicyclic) bond motifs is 2. The highest BCUT2D eigenvalue weighted by molar-refractivity contribution is 7.99. The third kappa shape index (κ3) is 1.51. The van der Waals surface area contributed by atoms with E-state index in [-0.39, 0.29) is 6.67 Å². The van der Waals surface area contributed by atoms with Crippen LogP contribution in [-0.2, 0) is 0 Å². The molecule has 0 nitrogen and oxygen atoms in total. The summed E-state index contributed by atoms with van der Waals surface area (Å²) < 4.78 is 12.4. The van der Waals surface area contributed by atoms with Gasteiger partial charge in [0.05, 0.1) is 6.67 Å². The highest BCUT2D eigenvalue weighted by Gasteiger charge is 2.51. The molecule has 0 heterocycles. The minimum Gasteiger partial charge on any atom is -0.251 e. The lowest BCUT2D eigenvalue weighted by atomic mass is 9.73. The molecule has 4 unspecified atom stereocenters. The van der Waals surface area contributed by atoms with Crippen molar-refractivity contribution in [3.8, 4) is 0 Å². The van der Waals surface area contributed by atoms with Crippen molar-refractivity contribution in [1.29, 1.82) is 0 Å².